The summed E-state index contributed by atoms with van der Waals surface area (Å²) in [6.45, 7) is 3.28. The molecule has 2 aromatic carbocycles. The molecule has 0 saturated carbocycles. The van der Waals surface area contributed by atoms with Crippen LogP contribution in [0, 0.1) is 12.7 Å². The summed E-state index contributed by atoms with van der Waals surface area (Å²) in [6.07, 6.45) is 1.03. The molecule has 0 spiro atoms. The summed E-state index contributed by atoms with van der Waals surface area (Å²) in [5.41, 5.74) is 1.22. The quantitative estimate of drug-likeness (QED) is 0.789. The molecule has 1 unspecified atom stereocenters. The minimum atomic E-state index is -3.72. The van der Waals surface area contributed by atoms with Crippen LogP contribution in [0.1, 0.15) is 12.5 Å². The Balaban J connectivity index is 2.33. The highest BCUT2D eigenvalue weighted by atomic mass is 79.9. The Morgan fingerprint density at radius 3 is 2.48 bits per heavy atom. The van der Waals surface area contributed by atoms with Crippen LogP contribution in [0.5, 0.6) is 0 Å². The Labute approximate surface area is 155 Å². The molecule has 8 heteroatoms. The number of sulfonamides is 1. The number of benzene rings is 2. The van der Waals surface area contributed by atoms with E-state index >= 15 is 0 Å². The number of carbonyl (C=O) groups is 1. The molecule has 0 aliphatic rings. The van der Waals surface area contributed by atoms with Gasteiger partial charge in [0, 0.05) is 4.47 Å². The van der Waals surface area contributed by atoms with Crippen LogP contribution in [0.25, 0.3) is 0 Å². The molecule has 2 aromatic rings. The van der Waals surface area contributed by atoms with E-state index in [4.69, 9.17) is 0 Å². The van der Waals surface area contributed by atoms with Gasteiger partial charge in [0.15, 0.2) is 0 Å². The van der Waals surface area contributed by atoms with Crippen molar-refractivity contribution < 1.29 is 17.6 Å². The van der Waals surface area contributed by atoms with Crippen LogP contribution < -0.4 is 9.62 Å². The van der Waals surface area contributed by atoms with Crippen molar-refractivity contribution >= 4 is 43.2 Å². The molecular formula is C17H18BrFN2O3S. The van der Waals surface area contributed by atoms with Crippen LogP contribution in [-0.4, -0.2) is 26.6 Å². The van der Waals surface area contributed by atoms with Crippen molar-refractivity contribution in [2.45, 2.75) is 19.9 Å². The fourth-order valence-corrected chi connectivity index (χ4v) is 3.90. The van der Waals surface area contributed by atoms with Gasteiger partial charge in [-0.15, -0.1) is 0 Å². The van der Waals surface area contributed by atoms with Gasteiger partial charge in [-0.25, -0.2) is 12.8 Å². The van der Waals surface area contributed by atoms with E-state index in [2.05, 4.69) is 21.2 Å². The van der Waals surface area contributed by atoms with E-state index in [1.54, 1.807) is 24.3 Å². The van der Waals surface area contributed by atoms with Crippen molar-refractivity contribution in [1.82, 2.24) is 0 Å². The Hall–Kier alpha value is -1.93. The van der Waals surface area contributed by atoms with Gasteiger partial charge in [-0.1, -0.05) is 28.1 Å². The largest absolute Gasteiger partial charge is 0.322 e. The summed E-state index contributed by atoms with van der Waals surface area (Å²) in [5.74, 6) is -1.25. The van der Waals surface area contributed by atoms with Crippen molar-refractivity contribution in [1.29, 1.82) is 0 Å². The van der Waals surface area contributed by atoms with Gasteiger partial charge in [0.2, 0.25) is 15.9 Å². The van der Waals surface area contributed by atoms with Crippen molar-refractivity contribution in [3.8, 4) is 0 Å². The first kappa shape index (κ1) is 19.4. The summed E-state index contributed by atoms with van der Waals surface area (Å²) in [4.78, 5) is 12.5. The third-order valence-electron chi connectivity index (χ3n) is 3.53. The van der Waals surface area contributed by atoms with Crippen LogP contribution in [0.4, 0.5) is 15.8 Å². The lowest BCUT2D eigenvalue weighted by molar-refractivity contribution is -0.116. The number of anilines is 2. The highest BCUT2D eigenvalue weighted by Gasteiger charge is 2.29. The predicted molar refractivity (Wildman–Crippen MR) is 101 cm³/mol. The number of nitrogens with one attached hydrogen (secondary N) is 1. The maximum atomic E-state index is 13.9. The normalized spacial score (nSPS) is 12.5. The Kier molecular flexibility index (Phi) is 5.84. The summed E-state index contributed by atoms with van der Waals surface area (Å²) in [6, 6.07) is 9.96. The van der Waals surface area contributed by atoms with Crippen molar-refractivity contribution in [3.05, 3.63) is 58.3 Å². The molecule has 1 atom stereocenters. The van der Waals surface area contributed by atoms with Crippen LogP contribution in [0.15, 0.2) is 46.9 Å². The van der Waals surface area contributed by atoms with Gasteiger partial charge in [-0.05, 0) is 49.7 Å². The van der Waals surface area contributed by atoms with Gasteiger partial charge in [0.25, 0.3) is 0 Å². The van der Waals surface area contributed by atoms with Gasteiger partial charge >= 0.3 is 0 Å². The number of hydrogen-bond donors (Lipinski definition) is 1. The zero-order valence-corrected chi connectivity index (χ0v) is 16.4. The highest BCUT2D eigenvalue weighted by Crippen LogP contribution is 2.24. The number of rotatable bonds is 5. The zero-order chi connectivity index (χ0) is 18.8. The van der Waals surface area contributed by atoms with E-state index in [0.29, 0.717) is 10.2 Å². The molecule has 1 amide bonds. The number of aryl methyl sites for hydroxylation is 1. The lowest BCUT2D eigenvalue weighted by atomic mass is 10.2. The van der Waals surface area contributed by atoms with Crippen molar-refractivity contribution in [2.24, 2.45) is 0 Å². The SMILES string of the molecule is Cc1cccc(N(C(C)C(=O)Nc2ccc(Br)cc2F)S(C)(=O)=O)c1. The number of amides is 1. The third-order valence-corrected chi connectivity index (χ3v) is 5.27. The molecule has 2 rings (SSSR count). The van der Waals surface area contributed by atoms with Gasteiger partial charge in [0.05, 0.1) is 17.6 Å². The molecular weight excluding hydrogens is 411 g/mol. The topological polar surface area (TPSA) is 66.5 Å². The summed E-state index contributed by atoms with van der Waals surface area (Å²) in [7, 11) is -3.72. The van der Waals surface area contributed by atoms with Crippen LogP contribution in [0.2, 0.25) is 0 Å². The third kappa shape index (κ3) is 4.79. The molecule has 0 radical (unpaired) electrons. The molecule has 1 N–H and O–H groups in total. The minimum absolute atomic E-state index is 0.0160. The standard InChI is InChI=1S/C17H18BrFN2O3S/c1-11-5-4-6-14(9-11)21(25(3,23)24)12(2)17(22)20-16-8-7-13(18)10-15(16)19/h4-10,12H,1-3H3,(H,20,22). The Bertz CT molecular complexity index is 903. The first-order valence-electron chi connectivity index (χ1n) is 7.41. The van der Waals surface area contributed by atoms with Crippen molar-refractivity contribution in [3.63, 3.8) is 0 Å². The minimum Gasteiger partial charge on any atom is -0.322 e. The van der Waals surface area contributed by atoms with Gasteiger partial charge in [-0.3, -0.25) is 9.10 Å². The number of carbonyl (C=O) groups excluding carboxylic acids is 1. The second-order valence-electron chi connectivity index (χ2n) is 5.69. The molecule has 0 aromatic heterocycles. The summed E-state index contributed by atoms with van der Waals surface area (Å²) >= 11 is 3.14. The number of nitrogens with zero attached hydrogens (tertiary/aromatic N) is 1. The second kappa shape index (κ2) is 7.53. The van der Waals surface area contributed by atoms with Gasteiger partial charge in [-0.2, -0.15) is 0 Å². The van der Waals surface area contributed by atoms with Crippen LogP contribution >= 0.6 is 15.9 Å². The van der Waals surface area contributed by atoms with Crippen LogP contribution in [-0.2, 0) is 14.8 Å². The molecule has 0 aliphatic carbocycles. The van der Waals surface area contributed by atoms with E-state index in [1.165, 1.54) is 19.1 Å². The first-order valence-corrected chi connectivity index (χ1v) is 10.1. The number of hydrogen-bond acceptors (Lipinski definition) is 3. The smallest absolute Gasteiger partial charge is 0.248 e. The van der Waals surface area contributed by atoms with E-state index in [-0.39, 0.29) is 5.69 Å². The fourth-order valence-electron chi connectivity index (χ4n) is 2.40. The van der Waals surface area contributed by atoms with Crippen LogP contribution in [0.3, 0.4) is 0 Å². The molecule has 5 nitrogen and oxygen atoms in total. The Morgan fingerprint density at radius 1 is 1.24 bits per heavy atom. The Morgan fingerprint density at radius 2 is 1.92 bits per heavy atom. The number of halogens is 2. The average molecular weight is 429 g/mol. The maximum Gasteiger partial charge on any atom is 0.248 e. The first-order chi connectivity index (χ1) is 11.6. The van der Waals surface area contributed by atoms with E-state index < -0.39 is 27.8 Å². The molecule has 134 valence electrons. The second-order valence-corrected chi connectivity index (χ2v) is 8.46. The zero-order valence-electron chi connectivity index (χ0n) is 14.0. The fraction of sp³-hybridized carbons (Fsp3) is 0.235. The van der Waals surface area contributed by atoms with Gasteiger partial charge < -0.3 is 5.32 Å². The van der Waals surface area contributed by atoms with Gasteiger partial charge in [0.1, 0.15) is 11.9 Å². The highest BCUT2D eigenvalue weighted by molar-refractivity contribution is 9.10. The molecule has 0 fully saturated rings. The lowest BCUT2D eigenvalue weighted by Gasteiger charge is -2.28. The summed E-state index contributed by atoms with van der Waals surface area (Å²) in [5, 5.41) is 2.43. The van der Waals surface area contributed by atoms with E-state index in [0.717, 1.165) is 16.1 Å². The van der Waals surface area contributed by atoms with Crippen molar-refractivity contribution in [2.75, 3.05) is 15.9 Å². The summed E-state index contributed by atoms with van der Waals surface area (Å²) < 4.78 is 39.9. The molecule has 25 heavy (non-hydrogen) atoms. The molecule has 0 bridgehead atoms. The predicted octanol–water partition coefficient (Wildman–Crippen LogP) is 3.69. The monoisotopic (exact) mass is 428 g/mol. The lowest BCUT2D eigenvalue weighted by Crippen LogP contribution is -2.45. The molecule has 0 aliphatic heterocycles. The van der Waals surface area contributed by atoms with E-state index in [1.807, 2.05) is 13.0 Å². The average Bonchev–Trinajstić information content (AvgIpc) is 2.48. The molecule has 0 saturated heterocycles. The maximum absolute atomic E-state index is 13.9. The van der Waals surface area contributed by atoms with E-state index in [9.17, 15) is 17.6 Å². The molecule has 0 heterocycles.